The van der Waals surface area contributed by atoms with Gasteiger partial charge >= 0.3 is 0 Å². The Hall–Kier alpha value is -3.49. The third-order valence-corrected chi connectivity index (χ3v) is 5.12. The third-order valence-electron chi connectivity index (χ3n) is 5.12. The van der Waals surface area contributed by atoms with Crippen molar-refractivity contribution in [2.24, 2.45) is 4.99 Å². The average molecular weight is 428 g/mol. The van der Waals surface area contributed by atoms with Crippen LogP contribution in [0.1, 0.15) is 18.9 Å². The molecule has 1 unspecified atom stereocenters. The Kier molecular flexibility index (Phi) is 7.53. The molecule has 0 bridgehead atoms. The minimum atomic E-state index is -0.392. The van der Waals surface area contributed by atoms with Gasteiger partial charge in [0.2, 0.25) is 0 Å². The number of aliphatic imine (C=N–C) groups is 1. The number of hydrogen-bond donors (Lipinski definition) is 2. The van der Waals surface area contributed by atoms with Gasteiger partial charge in [-0.2, -0.15) is 0 Å². The second kappa shape index (κ2) is 10.5. The maximum Gasteiger partial charge on any atom is 0.269 e. The van der Waals surface area contributed by atoms with E-state index in [0.717, 1.165) is 48.8 Å². The van der Waals surface area contributed by atoms with Crippen molar-refractivity contribution in [2.45, 2.75) is 25.9 Å². The number of nitrogens with zero attached hydrogens (tertiary/aromatic N) is 3. The van der Waals surface area contributed by atoms with E-state index < -0.39 is 4.92 Å². The van der Waals surface area contributed by atoms with Crippen LogP contribution in [0.3, 0.4) is 0 Å². The lowest BCUT2D eigenvalue weighted by Crippen LogP contribution is -2.44. The number of anilines is 1. The molecule has 166 valence electrons. The van der Waals surface area contributed by atoms with Crippen molar-refractivity contribution in [1.29, 1.82) is 0 Å². The van der Waals surface area contributed by atoms with E-state index in [4.69, 9.17) is 9.47 Å². The Labute approximate surface area is 182 Å². The summed E-state index contributed by atoms with van der Waals surface area (Å²) < 4.78 is 10.8. The quantitative estimate of drug-likeness (QED) is 0.289. The van der Waals surface area contributed by atoms with Gasteiger partial charge in [-0.15, -0.1) is 0 Å². The van der Waals surface area contributed by atoms with Crippen LogP contribution in [0.25, 0.3) is 0 Å². The maximum atomic E-state index is 11.0. The molecule has 1 aliphatic rings. The van der Waals surface area contributed by atoms with Crippen LogP contribution in [-0.2, 0) is 6.54 Å². The van der Waals surface area contributed by atoms with Crippen molar-refractivity contribution in [3.63, 3.8) is 0 Å². The molecule has 1 aliphatic heterocycles. The minimum Gasteiger partial charge on any atom is -0.497 e. The third kappa shape index (κ3) is 6.00. The van der Waals surface area contributed by atoms with Gasteiger partial charge in [-0.1, -0.05) is 12.1 Å². The zero-order valence-corrected chi connectivity index (χ0v) is 18.1. The summed E-state index contributed by atoms with van der Waals surface area (Å²) in [6.07, 6.45) is 0.959. The number of non-ortho nitro benzene ring substituents is 1. The molecule has 2 aromatic carbocycles. The van der Waals surface area contributed by atoms with E-state index in [1.54, 1.807) is 26.4 Å². The molecule has 0 amide bonds. The normalized spacial score (nSPS) is 16.2. The fourth-order valence-electron chi connectivity index (χ4n) is 3.54. The molecule has 9 heteroatoms. The van der Waals surface area contributed by atoms with Crippen LogP contribution in [0.2, 0.25) is 0 Å². The van der Waals surface area contributed by atoms with E-state index >= 15 is 0 Å². The molecule has 0 radical (unpaired) electrons. The molecule has 0 spiro atoms. The summed E-state index contributed by atoms with van der Waals surface area (Å²) in [4.78, 5) is 17.5. The van der Waals surface area contributed by atoms with Crippen molar-refractivity contribution >= 4 is 17.3 Å². The molecule has 2 aromatic rings. The standard InChI is InChI=1S/C22H29N5O4/c1-4-23-22(24-14-16-6-5-7-18(10-16)27(28)29)25-17-8-9-26(15-17)19-11-20(30-2)13-21(12-19)31-3/h5-7,10-13,17H,4,8-9,14-15H2,1-3H3,(H2,23,24,25). The van der Waals surface area contributed by atoms with Crippen LogP contribution in [0.15, 0.2) is 47.5 Å². The number of nitro groups is 1. The van der Waals surface area contributed by atoms with Crippen LogP contribution < -0.4 is 25.0 Å². The van der Waals surface area contributed by atoms with Gasteiger partial charge in [-0.25, -0.2) is 4.99 Å². The molecule has 2 N–H and O–H groups in total. The number of methoxy groups -OCH3 is 2. The van der Waals surface area contributed by atoms with Crippen molar-refractivity contribution in [2.75, 3.05) is 38.8 Å². The Balaban J connectivity index is 1.65. The summed E-state index contributed by atoms with van der Waals surface area (Å²) in [5.74, 6) is 2.22. The van der Waals surface area contributed by atoms with Crippen LogP contribution in [0.5, 0.6) is 11.5 Å². The van der Waals surface area contributed by atoms with Gasteiger partial charge in [0.15, 0.2) is 5.96 Å². The molecule has 1 saturated heterocycles. The number of nitrogens with one attached hydrogen (secondary N) is 2. The molecular formula is C22H29N5O4. The van der Waals surface area contributed by atoms with Gasteiger partial charge in [-0.05, 0) is 18.9 Å². The molecule has 0 saturated carbocycles. The lowest BCUT2D eigenvalue weighted by atomic mass is 10.2. The first kappa shape index (κ1) is 22.2. The number of hydrogen-bond acceptors (Lipinski definition) is 6. The van der Waals surface area contributed by atoms with Gasteiger partial charge in [0, 0.05) is 61.7 Å². The first-order chi connectivity index (χ1) is 15.0. The Morgan fingerprint density at radius 3 is 2.61 bits per heavy atom. The minimum absolute atomic E-state index is 0.0748. The Bertz CT molecular complexity index is 912. The zero-order chi connectivity index (χ0) is 22.2. The summed E-state index contributed by atoms with van der Waals surface area (Å²) in [5.41, 5.74) is 1.92. The van der Waals surface area contributed by atoms with Gasteiger partial charge in [0.1, 0.15) is 11.5 Å². The highest BCUT2D eigenvalue weighted by molar-refractivity contribution is 5.80. The number of rotatable bonds is 8. The van der Waals surface area contributed by atoms with Crippen molar-refractivity contribution in [1.82, 2.24) is 10.6 Å². The summed E-state index contributed by atoms with van der Waals surface area (Å²) in [5, 5.41) is 17.7. The highest BCUT2D eigenvalue weighted by atomic mass is 16.6. The molecule has 1 fully saturated rings. The Morgan fingerprint density at radius 1 is 1.23 bits per heavy atom. The maximum absolute atomic E-state index is 11.0. The first-order valence-corrected chi connectivity index (χ1v) is 10.3. The lowest BCUT2D eigenvalue weighted by Gasteiger charge is -2.21. The van der Waals surface area contributed by atoms with E-state index in [1.807, 2.05) is 31.2 Å². The highest BCUT2D eigenvalue weighted by Crippen LogP contribution is 2.30. The summed E-state index contributed by atoms with van der Waals surface area (Å²) in [6, 6.07) is 12.7. The average Bonchev–Trinajstić information content (AvgIpc) is 3.26. The fraction of sp³-hybridized carbons (Fsp3) is 0.409. The van der Waals surface area contributed by atoms with Crippen LogP contribution in [0, 0.1) is 10.1 Å². The number of benzene rings is 2. The smallest absolute Gasteiger partial charge is 0.269 e. The predicted octanol–water partition coefficient (Wildman–Crippen LogP) is 2.95. The fourth-order valence-corrected chi connectivity index (χ4v) is 3.54. The van der Waals surface area contributed by atoms with Gasteiger partial charge in [0.05, 0.1) is 25.7 Å². The molecule has 9 nitrogen and oxygen atoms in total. The van der Waals surface area contributed by atoms with Crippen LogP contribution >= 0.6 is 0 Å². The second-order valence-electron chi connectivity index (χ2n) is 7.27. The number of guanidine groups is 1. The second-order valence-corrected chi connectivity index (χ2v) is 7.27. The van der Waals surface area contributed by atoms with E-state index in [2.05, 4.69) is 20.5 Å². The molecule has 1 atom stereocenters. The van der Waals surface area contributed by atoms with E-state index in [1.165, 1.54) is 6.07 Å². The zero-order valence-electron chi connectivity index (χ0n) is 18.1. The molecule has 31 heavy (non-hydrogen) atoms. The van der Waals surface area contributed by atoms with Crippen LogP contribution in [-0.4, -0.2) is 50.8 Å². The molecule has 0 aromatic heterocycles. The first-order valence-electron chi connectivity index (χ1n) is 10.3. The van der Waals surface area contributed by atoms with Crippen molar-refractivity contribution in [3.05, 3.63) is 58.1 Å². The van der Waals surface area contributed by atoms with E-state index in [-0.39, 0.29) is 11.7 Å². The topological polar surface area (TPSA) is 101 Å². The van der Waals surface area contributed by atoms with E-state index in [9.17, 15) is 10.1 Å². The number of ether oxygens (including phenoxy) is 2. The highest BCUT2D eigenvalue weighted by Gasteiger charge is 2.24. The summed E-state index contributed by atoms with van der Waals surface area (Å²) in [6.45, 7) is 4.81. The largest absolute Gasteiger partial charge is 0.497 e. The van der Waals surface area contributed by atoms with Gasteiger partial charge in [0.25, 0.3) is 5.69 Å². The summed E-state index contributed by atoms with van der Waals surface area (Å²) >= 11 is 0. The number of nitro benzene ring substituents is 1. The molecule has 0 aliphatic carbocycles. The Morgan fingerprint density at radius 2 is 1.97 bits per heavy atom. The van der Waals surface area contributed by atoms with E-state index in [0.29, 0.717) is 12.5 Å². The molecule has 3 rings (SSSR count). The summed E-state index contributed by atoms with van der Waals surface area (Å²) in [7, 11) is 3.29. The van der Waals surface area contributed by atoms with Gasteiger partial charge < -0.3 is 25.0 Å². The van der Waals surface area contributed by atoms with Gasteiger partial charge in [-0.3, -0.25) is 10.1 Å². The monoisotopic (exact) mass is 427 g/mol. The molecular weight excluding hydrogens is 398 g/mol. The predicted molar refractivity (Wildman–Crippen MR) is 121 cm³/mol. The lowest BCUT2D eigenvalue weighted by molar-refractivity contribution is -0.384. The SMILES string of the molecule is CCNC(=NCc1cccc([N+](=O)[O-])c1)NC1CCN(c2cc(OC)cc(OC)c2)C1. The van der Waals surface area contributed by atoms with Crippen molar-refractivity contribution in [3.8, 4) is 11.5 Å². The van der Waals surface area contributed by atoms with Crippen LogP contribution in [0.4, 0.5) is 11.4 Å². The van der Waals surface area contributed by atoms with Crippen molar-refractivity contribution < 1.29 is 14.4 Å². The molecule has 1 heterocycles.